The second-order valence-electron chi connectivity index (χ2n) is 5.45. The third-order valence-corrected chi connectivity index (χ3v) is 5.04. The monoisotopic (exact) mass is 324 g/mol. The van der Waals surface area contributed by atoms with Gasteiger partial charge in [0.05, 0.1) is 12.3 Å². The van der Waals surface area contributed by atoms with Gasteiger partial charge >= 0.3 is 6.03 Å². The molecular weight excluding hydrogens is 300 g/mol. The Morgan fingerprint density at radius 1 is 1.41 bits per heavy atom. The summed E-state index contributed by atoms with van der Waals surface area (Å²) in [7, 11) is -0.817. The summed E-state index contributed by atoms with van der Waals surface area (Å²) in [5, 5.41) is 2.93. The van der Waals surface area contributed by atoms with Gasteiger partial charge in [-0.2, -0.15) is 0 Å². The molecule has 1 heterocycles. The number of para-hydroxylation sites is 2. The van der Waals surface area contributed by atoms with E-state index in [1.807, 2.05) is 38.1 Å². The van der Waals surface area contributed by atoms with Crippen LogP contribution in [0.3, 0.4) is 0 Å². The van der Waals surface area contributed by atoms with Gasteiger partial charge in [-0.3, -0.25) is 4.21 Å². The first-order valence-electron chi connectivity index (χ1n) is 7.76. The summed E-state index contributed by atoms with van der Waals surface area (Å²) in [4.78, 5) is 14.3. The smallest absolute Gasteiger partial charge is 0.322 e. The zero-order valence-electron chi connectivity index (χ0n) is 13.2. The summed E-state index contributed by atoms with van der Waals surface area (Å²) in [5.74, 6) is 1.90. The van der Waals surface area contributed by atoms with Crippen LogP contribution in [0, 0.1) is 0 Å². The Morgan fingerprint density at radius 3 is 2.95 bits per heavy atom. The Kier molecular flexibility index (Phi) is 6.24. The zero-order valence-corrected chi connectivity index (χ0v) is 14.0. The lowest BCUT2D eigenvalue weighted by Crippen LogP contribution is -2.42. The van der Waals surface area contributed by atoms with E-state index in [-0.39, 0.29) is 12.1 Å². The van der Waals surface area contributed by atoms with E-state index in [4.69, 9.17) is 4.74 Å². The van der Waals surface area contributed by atoms with Gasteiger partial charge in [-0.1, -0.05) is 19.1 Å². The van der Waals surface area contributed by atoms with Crippen molar-refractivity contribution in [3.63, 3.8) is 0 Å². The molecule has 0 aromatic heterocycles. The van der Waals surface area contributed by atoms with E-state index in [1.54, 1.807) is 4.90 Å². The van der Waals surface area contributed by atoms with Crippen LogP contribution in [0.5, 0.6) is 5.75 Å². The summed E-state index contributed by atoms with van der Waals surface area (Å²) < 4.78 is 17.3. The zero-order chi connectivity index (χ0) is 15.9. The van der Waals surface area contributed by atoms with E-state index in [0.29, 0.717) is 36.1 Å². The molecule has 0 spiro atoms. The van der Waals surface area contributed by atoms with Crippen molar-refractivity contribution < 1.29 is 13.7 Å². The molecule has 2 rings (SSSR count). The molecule has 0 saturated carbocycles. The molecule has 0 radical (unpaired) electrons. The van der Waals surface area contributed by atoms with Gasteiger partial charge in [0.1, 0.15) is 5.75 Å². The molecule has 1 N–H and O–H groups in total. The molecule has 2 amide bonds. The number of rotatable bonds is 4. The number of nitrogens with zero attached hydrogens (tertiary/aromatic N) is 1. The van der Waals surface area contributed by atoms with E-state index in [1.165, 1.54) is 0 Å². The second kappa shape index (κ2) is 8.17. The molecule has 1 aliphatic heterocycles. The maximum atomic E-state index is 12.5. The highest BCUT2D eigenvalue weighted by Gasteiger charge is 2.24. The number of carbonyl (C=O) groups is 1. The van der Waals surface area contributed by atoms with Crippen LogP contribution in [0.1, 0.15) is 26.7 Å². The fourth-order valence-corrected chi connectivity index (χ4v) is 3.59. The predicted octanol–water partition coefficient (Wildman–Crippen LogP) is 2.85. The first-order valence-corrected chi connectivity index (χ1v) is 9.25. The maximum absolute atomic E-state index is 12.5. The van der Waals surface area contributed by atoms with Crippen LogP contribution in [-0.4, -0.2) is 45.8 Å². The van der Waals surface area contributed by atoms with Crippen molar-refractivity contribution in [2.45, 2.75) is 32.7 Å². The fraction of sp³-hybridized carbons (Fsp3) is 0.562. The topological polar surface area (TPSA) is 58.6 Å². The number of hydrogen-bond acceptors (Lipinski definition) is 3. The minimum absolute atomic E-state index is 0.0928. The third kappa shape index (κ3) is 4.47. The number of urea groups is 1. The molecule has 2 atom stereocenters. The van der Waals surface area contributed by atoms with Crippen molar-refractivity contribution in [1.82, 2.24) is 4.90 Å². The Bertz CT molecular complexity index is 536. The maximum Gasteiger partial charge on any atom is 0.322 e. The summed E-state index contributed by atoms with van der Waals surface area (Å²) in [6.45, 7) is 5.19. The highest BCUT2D eigenvalue weighted by molar-refractivity contribution is 7.85. The number of anilines is 1. The molecule has 22 heavy (non-hydrogen) atoms. The predicted molar refractivity (Wildman–Crippen MR) is 89.9 cm³/mol. The van der Waals surface area contributed by atoms with Crippen LogP contribution in [-0.2, 0) is 10.8 Å². The number of carbonyl (C=O) groups excluding carboxylic acids is 1. The van der Waals surface area contributed by atoms with E-state index in [2.05, 4.69) is 5.32 Å². The molecule has 6 heteroatoms. The van der Waals surface area contributed by atoms with Crippen molar-refractivity contribution in [1.29, 1.82) is 0 Å². The van der Waals surface area contributed by atoms with Crippen molar-refractivity contribution in [3.05, 3.63) is 24.3 Å². The average molecular weight is 324 g/mol. The standard InChI is InChI=1S/C16H24N2O3S/c1-3-10-21-15-7-5-4-6-14(15)17-16(19)18-9-12-22(20)11-8-13(18)2/h4-7,13H,3,8-12H2,1-2H3,(H,17,19). The van der Waals surface area contributed by atoms with Crippen LogP contribution in [0.25, 0.3) is 0 Å². The number of hydrogen-bond donors (Lipinski definition) is 1. The van der Waals surface area contributed by atoms with Crippen LogP contribution in [0.2, 0.25) is 0 Å². The van der Waals surface area contributed by atoms with Crippen LogP contribution < -0.4 is 10.1 Å². The molecule has 1 saturated heterocycles. The Balaban J connectivity index is 2.06. The minimum Gasteiger partial charge on any atom is -0.491 e. The van der Waals surface area contributed by atoms with E-state index >= 15 is 0 Å². The first-order chi connectivity index (χ1) is 10.6. The van der Waals surface area contributed by atoms with Gasteiger partial charge < -0.3 is 15.0 Å². The minimum atomic E-state index is -0.817. The molecule has 122 valence electrons. The van der Waals surface area contributed by atoms with E-state index in [0.717, 1.165) is 12.8 Å². The van der Waals surface area contributed by atoms with Crippen LogP contribution >= 0.6 is 0 Å². The largest absolute Gasteiger partial charge is 0.491 e. The van der Waals surface area contributed by atoms with E-state index < -0.39 is 10.8 Å². The molecule has 1 fully saturated rings. The Labute approximate surface area is 134 Å². The van der Waals surface area contributed by atoms with Gasteiger partial charge in [0.25, 0.3) is 0 Å². The second-order valence-corrected chi connectivity index (χ2v) is 7.15. The number of amides is 2. The lowest BCUT2D eigenvalue weighted by Gasteiger charge is -2.27. The summed E-state index contributed by atoms with van der Waals surface area (Å²) >= 11 is 0. The van der Waals surface area contributed by atoms with Crippen LogP contribution in [0.4, 0.5) is 10.5 Å². The van der Waals surface area contributed by atoms with Crippen molar-refractivity contribution in [2.75, 3.05) is 30.0 Å². The summed E-state index contributed by atoms with van der Waals surface area (Å²) in [6.07, 6.45) is 1.69. The van der Waals surface area contributed by atoms with Gasteiger partial charge in [-0.05, 0) is 31.9 Å². The summed E-state index contributed by atoms with van der Waals surface area (Å²) in [5.41, 5.74) is 0.679. The highest BCUT2D eigenvalue weighted by atomic mass is 32.2. The van der Waals surface area contributed by atoms with Gasteiger partial charge in [0, 0.05) is 34.9 Å². The number of benzene rings is 1. The molecule has 1 aromatic carbocycles. The third-order valence-electron chi connectivity index (χ3n) is 3.71. The number of nitrogens with one attached hydrogen (secondary N) is 1. The number of ether oxygens (including phenoxy) is 1. The fourth-order valence-electron chi connectivity index (χ4n) is 2.38. The van der Waals surface area contributed by atoms with Gasteiger partial charge in [0.15, 0.2) is 0 Å². The summed E-state index contributed by atoms with van der Waals surface area (Å²) in [6, 6.07) is 7.39. The molecule has 0 bridgehead atoms. The molecule has 2 unspecified atom stereocenters. The lowest BCUT2D eigenvalue weighted by molar-refractivity contribution is 0.196. The quantitative estimate of drug-likeness (QED) is 0.926. The van der Waals surface area contributed by atoms with Crippen LogP contribution in [0.15, 0.2) is 24.3 Å². The van der Waals surface area contributed by atoms with E-state index in [9.17, 15) is 9.00 Å². The first kappa shape index (κ1) is 16.8. The molecule has 5 nitrogen and oxygen atoms in total. The van der Waals surface area contributed by atoms with Gasteiger partial charge in [-0.15, -0.1) is 0 Å². The SMILES string of the molecule is CCCOc1ccccc1NC(=O)N1CCS(=O)CCC1C. The van der Waals surface area contributed by atoms with Gasteiger partial charge in [0.2, 0.25) is 0 Å². The normalized spacial score (nSPS) is 22.0. The Morgan fingerprint density at radius 2 is 2.18 bits per heavy atom. The van der Waals surface area contributed by atoms with Gasteiger partial charge in [-0.25, -0.2) is 4.79 Å². The lowest BCUT2D eigenvalue weighted by atomic mass is 10.2. The average Bonchev–Trinajstić information content (AvgIpc) is 2.68. The Hall–Kier alpha value is -1.56. The highest BCUT2D eigenvalue weighted by Crippen LogP contribution is 2.25. The molecule has 1 aliphatic rings. The molecule has 1 aromatic rings. The molecular formula is C16H24N2O3S. The van der Waals surface area contributed by atoms with Crippen molar-refractivity contribution in [3.8, 4) is 5.75 Å². The molecule has 0 aliphatic carbocycles. The van der Waals surface area contributed by atoms with Crippen molar-refractivity contribution >= 4 is 22.5 Å². The van der Waals surface area contributed by atoms with Crippen molar-refractivity contribution in [2.24, 2.45) is 0 Å².